The quantitative estimate of drug-likeness (QED) is 0.534. The molecule has 0 aliphatic carbocycles. The molecule has 1 aromatic carbocycles. The molecule has 3 heterocycles. The highest BCUT2D eigenvalue weighted by Gasteiger charge is 2.31. The molecule has 1 aliphatic rings. The molecule has 1 saturated heterocycles. The number of hydrogen-bond donors (Lipinski definition) is 3. The number of aromatic amines is 1. The van der Waals surface area contributed by atoms with Crippen LogP contribution in [0, 0.1) is 0 Å². The maximum atomic E-state index is 12.6. The Balaban J connectivity index is 1.63. The van der Waals surface area contributed by atoms with Gasteiger partial charge in [0.15, 0.2) is 5.69 Å². The maximum absolute atomic E-state index is 12.6. The molecular formula is C18H20N6O5S. The zero-order chi connectivity index (χ0) is 21.5. The van der Waals surface area contributed by atoms with E-state index in [9.17, 15) is 23.1 Å². The number of fused-ring (bicyclic) bond motifs is 1. The SMILES string of the molecule is Cn1c(N2CCCCS2(=O)=O)nc(C(=O)NCc2nc3ccccc3[nH]2)c(O)c1=O. The number of nitrogens with zero attached hydrogens (tertiary/aromatic N) is 4. The minimum absolute atomic E-state index is 0.00118. The first-order valence-corrected chi connectivity index (χ1v) is 10.9. The molecule has 3 aromatic rings. The Hall–Kier alpha value is -3.41. The Bertz CT molecular complexity index is 1260. The Morgan fingerprint density at radius 2 is 2.03 bits per heavy atom. The summed E-state index contributed by atoms with van der Waals surface area (Å²) < 4.78 is 26.7. The number of carbonyl (C=O) groups excluding carboxylic acids is 1. The summed E-state index contributed by atoms with van der Waals surface area (Å²) in [4.78, 5) is 36.4. The molecule has 1 amide bonds. The second-order valence-electron chi connectivity index (χ2n) is 6.95. The Morgan fingerprint density at radius 3 is 2.77 bits per heavy atom. The summed E-state index contributed by atoms with van der Waals surface area (Å²) in [5.74, 6) is -1.46. The van der Waals surface area contributed by atoms with Crippen molar-refractivity contribution in [3.8, 4) is 5.75 Å². The van der Waals surface area contributed by atoms with Crippen molar-refractivity contribution in [1.82, 2.24) is 24.8 Å². The molecule has 1 fully saturated rings. The Morgan fingerprint density at radius 1 is 1.27 bits per heavy atom. The highest BCUT2D eigenvalue weighted by molar-refractivity contribution is 7.92. The zero-order valence-electron chi connectivity index (χ0n) is 16.1. The van der Waals surface area contributed by atoms with Crippen LogP contribution in [0.3, 0.4) is 0 Å². The van der Waals surface area contributed by atoms with Gasteiger partial charge < -0.3 is 15.4 Å². The van der Waals surface area contributed by atoms with Crippen molar-refractivity contribution in [3.05, 3.63) is 46.1 Å². The number of aromatic nitrogens is 4. The second-order valence-corrected chi connectivity index (χ2v) is 8.96. The number of anilines is 1. The smallest absolute Gasteiger partial charge is 0.297 e. The van der Waals surface area contributed by atoms with Crippen LogP contribution in [-0.4, -0.2) is 51.2 Å². The summed E-state index contributed by atoms with van der Waals surface area (Å²) in [6.07, 6.45) is 1.11. The molecule has 0 unspecified atom stereocenters. The minimum atomic E-state index is -3.66. The third-order valence-corrected chi connectivity index (χ3v) is 6.71. The minimum Gasteiger partial charge on any atom is -0.501 e. The average molecular weight is 432 g/mol. The molecule has 2 aromatic heterocycles. The van der Waals surface area contributed by atoms with Crippen molar-refractivity contribution in [2.24, 2.45) is 7.05 Å². The van der Waals surface area contributed by atoms with E-state index < -0.39 is 32.9 Å². The van der Waals surface area contributed by atoms with Gasteiger partial charge in [-0.15, -0.1) is 0 Å². The number of benzene rings is 1. The fraction of sp³-hybridized carbons (Fsp3) is 0.333. The van der Waals surface area contributed by atoms with Crippen molar-refractivity contribution in [2.45, 2.75) is 19.4 Å². The molecule has 1 aliphatic heterocycles. The summed E-state index contributed by atoms with van der Waals surface area (Å²) in [7, 11) is -2.36. The molecule has 30 heavy (non-hydrogen) atoms. The second kappa shape index (κ2) is 7.44. The van der Waals surface area contributed by atoms with Gasteiger partial charge in [-0.3, -0.25) is 14.2 Å². The molecule has 3 N–H and O–H groups in total. The molecule has 158 valence electrons. The number of hydrogen-bond acceptors (Lipinski definition) is 7. The van der Waals surface area contributed by atoms with Crippen LogP contribution in [0.4, 0.5) is 5.95 Å². The normalized spacial score (nSPS) is 16.0. The Kier molecular flexibility index (Phi) is 4.94. The highest BCUT2D eigenvalue weighted by atomic mass is 32.2. The number of sulfonamides is 1. The van der Waals surface area contributed by atoms with Gasteiger partial charge in [-0.2, -0.15) is 0 Å². The summed E-state index contributed by atoms with van der Waals surface area (Å²) in [5.41, 5.74) is 0.0856. The number of aromatic hydroxyl groups is 1. The highest BCUT2D eigenvalue weighted by Crippen LogP contribution is 2.22. The van der Waals surface area contributed by atoms with E-state index in [2.05, 4.69) is 20.3 Å². The summed E-state index contributed by atoms with van der Waals surface area (Å²) in [6, 6.07) is 7.34. The number of para-hydroxylation sites is 2. The van der Waals surface area contributed by atoms with E-state index >= 15 is 0 Å². The van der Waals surface area contributed by atoms with Crippen LogP contribution in [0.2, 0.25) is 0 Å². The predicted molar refractivity (Wildman–Crippen MR) is 109 cm³/mol. The molecule has 0 spiro atoms. The third-order valence-electron chi connectivity index (χ3n) is 4.89. The summed E-state index contributed by atoms with van der Waals surface area (Å²) >= 11 is 0. The van der Waals surface area contributed by atoms with E-state index in [4.69, 9.17) is 0 Å². The number of H-pyrrole nitrogens is 1. The van der Waals surface area contributed by atoms with Crippen LogP contribution in [0.1, 0.15) is 29.2 Å². The molecule has 12 heteroatoms. The molecule has 4 rings (SSSR count). The zero-order valence-corrected chi connectivity index (χ0v) is 16.9. The number of nitrogens with one attached hydrogen (secondary N) is 2. The van der Waals surface area contributed by atoms with Crippen LogP contribution >= 0.6 is 0 Å². The van der Waals surface area contributed by atoms with Gasteiger partial charge in [-0.05, 0) is 25.0 Å². The van der Waals surface area contributed by atoms with Gasteiger partial charge in [0.25, 0.3) is 11.5 Å². The summed E-state index contributed by atoms with van der Waals surface area (Å²) in [6.45, 7) is 0.147. The van der Waals surface area contributed by atoms with Gasteiger partial charge in [0.2, 0.25) is 21.7 Å². The van der Waals surface area contributed by atoms with Crippen LogP contribution in [0.15, 0.2) is 29.1 Å². The van der Waals surface area contributed by atoms with Crippen LogP contribution in [0.25, 0.3) is 11.0 Å². The largest absolute Gasteiger partial charge is 0.501 e. The van der Waals surface area contributed by atoms with Crippen molar-refractivity contribution in [2.75, 3.05) is 16.6 Å². The first-order valence-electron chi connectivity index (χ1n) is 9.30. The van der Waals surface area contributed by atoms with Crippen molar-refractivity contribution >= 4 is 32.9 Å². The number of amides is 1. The summed E-state index contributed by atoms with van der Waals surface area (Å²) in [5, 5.41) is 12.7. The van der Waals surface area contributed by atoms with Gasteiger partial charge in [0.1, 0.15) is 5.82 Å². The van der Waals surface area contributed by atoms with Gasteiger partial charge in [-0.25, -0.2) is 22.7 Å². The molecule has 0 saturated carbocycles. The molecule has 0 radical (unpaired) electrons. The third kappa shape index (κ3) is 3.49. The van der Waals surface area contributed by atoms with Crippen molar-refractivity contribution < 1.29 is 18.3 Å². The monoisotopic (exact) mass is 432 g/mol. The lowest BCUT2D eigenvalue weighted by molar-refractivity contribution is 0.0941. The van der Waals surface area contributed by atoms with E-state index in [1.165, 1.54) is 7.05 Å². The molecule has 0 atom stereocenters. The van der Waals surface area contributed by atoms with Gasteiger partial charge in [0, 0.05) is 13.6 Å². The predicted octanol–water partition coefficient (Wildman–Crippen LogP) is 0.222. The first kappa shape index (κ1) is 19.9. The van der Waals surface area contributed by atoms with Gasteiger partial charge in [-0.1, -0.05) is 12.1 Å². The lowest BCUT2D eigenvalue weighted by atomic mass is 10.3. The fourth-order valence-electron chi connectivity index (χ4n) is 3.31. The molecular weight excluding hydrogens is 412 g/mol. The maximum Gasteiger partial charge on any atom is 0.297 e. The molecule has 11 nitrogen and oxygen atoms in total. The number of rotatable bonds is 4. The van der Waals surface area contributed by atoms with Crippen molar-refractivity contribution in [3.63, 3.8) is 0 Å². The van der Waals surface area contributed by atoms with E-state index in [-0.39, 0.29) is 24.8 Å². The number of imidazole rings is 1. The topological polar surface area (TPSA) is 150 Å². The van der Waals surface area contributed by atoms with E-state index in [1.807, 2.05) is 24.3 Å². The number of carbonyl (C=O) groups is 1. The van der Waals surface area contributed by atoms with E-state index in [0.29, 0.717) is 18.7 Å². The first-order chi connectivity index (χ1) is 14.3. The van der Waals surface area contributed by atoms with Crippen molar-refractivity contribution in [1.29, 1.82) is 0 Å². The van der Waals surface area contributed by atoms with Crippen LogP contribution in [0.5, 0.6) is 5.75 Å². The Labute approximate surface area is 171 Å². The van der Waals surface area contributed by atoms with Gasteiger partial charge in [0.05, 0.1) is 23.3 Å². The molecule has 0 bridgehead atoms. The van der Waals surface area contributed by atoms with Gasteiger partial charge >= 0.3 is 0 Å². The standard InChI is InChI=1S/C18H20N6O5S/c1-23-17(27)15(25)14(22-18(23)24-8-4-5-9-30(24,28)29)16(26)19-10-13-20-11-6-2-3-7-12(11)21-13/h2-3,6-7,25H,4-5,8-10H2,1H3,(H,19,26)(H,20,21). The average Bonchev–Trinajstić information content (AvgIpc) is 3.14. The van der Waals surface area contributed by atoms with Crippen LogP contribution in [-0.2, 0) is 23.6 Å². The van der Waals surface area contributed by atoms with Crippen LogP contribution < -0.4 is 15.2 Å². The lowest BCUT2D eigenvalue weighted by Gasteiger charge is -2.28. The lowest BCUT2D eigenvalue weighted by Crippen LogP contribution is -2.42. The van der Waals surface area contributed by atoms with E-state index in [0.717, 1.165) is 19.9 Å². The fourth-order valence-corrected chi connectivity index (χ4v) is 4.92. The van der Waals surface area contributed by atoms with E-state index in [1.54, 1.807) is 0 Å².